The first kappa shape index (κ1) is 19.4. The van der Waals surface area contributed by atoms with E-state index in [1.165, 1.54) is 4.68 Å². The van der Waals surface area contributed by atoms with Crippen molar-refractivity contribution in [3.8, 4) is 11.5 Å². The van der Waals surface area contributed by atoms with Crippen molar-refractivity contribution in [1.82, 2.24) is 14.9 Å². The zero-order valence-electron chi connectivity index (χ0n) is 14.6. The van der Waals surface area contributed by atoms with Gasteiger partial charge in [-0.25, -0.2) is 0 Å². The number of aryl methyl sites for hydroxylation is 1. The molecule has 0 spiro atoms. The molecule has 140 valence electrons. The van der Waals surface area contributed by atoms with Crippen LogP contribution >= 0.6 is 35.4 Å². The predicted octanol–water partition coefficient (Wildman–Crippen LogP) is 5.03. The molecule has 0 radical (unpaired) electrons. The standard InChI is InChI=1S/C18H16Cl2N4O2S/c1-11-22-23-18(27)24(11)21-9-12-3-6-16(17(7-12)25-2)26-10-13-4-5-14(19)8-15(13)20/h3-9H,10H2,1-2H3,(H,23,27)/b21-9+. The number of aromatic nitrogens is 3. The summed E-state index contributed by atoms with van der Waals surface area (Å²) in [5, 5.41) is 12.1. The molecule has 6 nitrogen and oxygen atoms in total. The fourth-order valence-electron chi connectivity index (χ4n) is 2.31. The molecule has 0 aliphatic rings. The van der Waals surface area contributed by atoms with Crippen LogP contribution in [0.4, 0.5) is 0 Å². The van der Waals surface area contributed by atoms with Crippen LogP contribution in [-0.4, -0.2) is 28.2 Å². The van der Waals surface area contributed by atoms with Crippen LogP contribution in [0, 0.1) is 11.7 Å². The van der Waals surface area contributed by atoms with Crippen molar-refractivity contribution in [2.75, 3.05) is 7.11 Å². The molecule has 0 saturated carbocycles. The van der Waals surface area contributed by atoms with Crippen molar-refractivity contribution in [3.63, 3.8) is 0 Å². The van der Waals surface area contributed by atoms with Crippen molar-refractivity contribution in [2.24, 2.45) is 5.10 Å². The lowest BCUT2D eigenvalue weighted by Gasteiger charge is -2.12. The highest BCUT2D eigenvalue weighted by Crippen LogP contribution is 2.29. The van der Waals surface area contributed by atoms with Crippen LogP contribution in [0.3, 0.4) is 0 Å². The first-order valence-corrected chi connectivity index (χ1v) is 9.07. The maximum atomic E-state index is 6.18. The molecule has 0 aliphatic carbocycles. The minimum Gasteiger partial charge on any atom is -0.493 e. The van der Waals surface area contributed by atoms with Crippen molar-refractivity contribution in [1.29, 1.82) is 0 Å². The second-order valence-corrected chi connectivity index (χ2v) is 6.80. The van der Waals surface area contributed by atoms with Gasteiger partial charge in [0.2, 0.25) is 4.77 Å². The molecule has 0 aliphatic heterocycles. The van der Waals surface area contributed by atoms with Crippen LogP contribution in [0.1, 0.15) is 17.0 Å². The fourth-order valence-corrected chi connectivity index (χ4v) is 3.00. The first-order valence-electron chi connectivity index (χ1n) is 7.91. The van der Waals surface area contributed by atoms with E-state index in [-0.39, 0.29) is 0 Å². The fraction of sp³-hybridized carbons (Fsp3) is 0.167. The molecular formula is C18H16Cl2N4O2S. The molecule has 1 N–H and O–H groups in total. The molecule has 1 heterocycles. The normalized spacial score (nSPS) is 11.1. The molecule has 2 aromatic carbocycles. The van der Waals surface area contributed by atoms with E-state index >= 15 is 0 Å². The summed E-state index contributed by atoms with van der Waals surface area (Å²) < 4.78 is 13.2. The van der Waals surface area contributed by atoms with E-state index in [0.717, 1.165) is 11.1 Å². The quantitative estimate of drug-likeness (QED) is 0.447. The van der Waals surface area contributed by atoms with Crippen molar-refractivity contribution >= 4 is 41.6 Å². The Kier molecular flexibility index (Phi) is 6.15. The summed E-state index contributed by atoms with van der Waals surface area (Å²) in [7, 11) is 1.58. The van der Waals surface area contributed by atoms with Crippen LogP contribution in [0.2, 0.25) is 10.0 Å². The Balaban J connectivity index is 1.77. The number of rotatable bonds is 6. The summed E-state index contributed by atoms with van der Waals surface area (Å²) in [5.41, 5.74) is 1.66. The van der Waals surface area contributed by atoms with E-state index in [2.05, 4.69) is 15.3 Å². The van der Waals surface area contributed by atoms with Gasteiger partial charge >= 0.3 is 0 Å². The number of aromatic amines is 1. The lowest BCUT2D eigenvalue weighted by Crippen LogP contribution is -1.99. The third-order valence-corrected chi connectivity index (χ3v) is 4.57. The maximum Gasteiger partial charge on any atom is 0.216 e. The van der Waals surface area contributed by atoms with E-state index in [1.807, 2.05) is 31.2 Å². The van der Waals surface area contributed by atoms with Crippen LogP contribution in [0.25, 0.3) is 0 Å². The third-order valence-electron chi connectivity index (χ3n) is 3.72. The van der Waals surface area contributed by atoms with Gasteiger partial charge in [-0.05, 0) is 55.0 Å². The molecule has 0 amide bonds. The molecule has 0 unspecified atom stereocenters. The second-order valence-electron chi connectivity index (χ2n) is 5.57. The molecule has 0 atom stereocenters. The Hall–Kier alpha value is -2.35. The Labute approximate surface area is 171 Å². The number of ether oxygens (including phenoxy) is 2. The van der Waals surface area contributed by atoms with E-state index < -0.39 is 0 Å². The SMILES string of the molecule is COc1cc(/C=N/n2c(C)n[nH]c2=S)ccc1OCc1ccc(Cl)cc1Cl. The van der Waals surface area contributed by atoms with Crippen LogP contribution in [0.5, 0.6) is 11.5 Å². The van der Waals surface area contributed by atoms with Gasteiger partial charge in [0.1, 0.15) is 12.4 Å². The third kappa shape index (κ3) is 4.68. The highest BCUT2D eigenvalue weighted by Gasteiger charge is 2.08. The molecule has 3 rings (SSSR count). The summed E-state index contributed by atoms with van der Waals surface area (Å²) in [4.78, 5) is 0. The minimum atomic E-state index is 0.295. The van der Waals surface area contributed by atoms with Crippen molar-refractivity contribution < 1.29 is 9.47 Å². The number of hydrogen-bond acceptors (Lipinski definition) is 5. The number of hydrogen-bond donors (Lipinski definition) is 1. The lowest BCUT2D eigenvalue weighted by molar-refractivity contribution is 0.284. The van der Waals surface area contributed by atoms with E-state index in [9.17, 15) is 0 Å². The van der Waals surface area contributed by atoms with Gasteiger partial charge in [-0.3, -0.25) is 5.10 Å². The van der Waals surface area contributed by atoms with Gasteiger partial charge < -0.3 is 9.47 Å². The maximum absolute atomic E-state index is 6.18. The number of benzene rings is 2. The van der Waals surface area contributed by atoms with Crippen molar-refractivity contribution in [3.05, 3.63) is 68.2 Å². The smallest absolute Gasteiger partial charge is 0.216 e. The van der Waals surface area contributed by atoms with Gasteiger partial charge in [-0.2, -0.15) is 14.9 Å². The Bertz CT molecular complexity index is 1050. The number of nitrogens with one attached hydrogen (secondary N) is 1. The number of nitrogens with zero attached hydrogens (tertiary/aromatic N) is 3. The number of halogens is 2. The van der Waals surface area contributed by atoms with Gasteiger partial charge in [0.15, 0.2) is 11.5 Å². The zero-order chi connectivity index (χ0) is 19.4. The molecular weight excluding hydrogens is 407 g/mol. The highest BCUT2D eigenvalue weighted by atomic mass is 35.5. The Morgan fingerprint density at radius 3 is 2.70 bits per heavy atom. The summed E-state index contributed by atoms with van der Waals surface area (Å²) in [6.45, 7) is 2.10. The molecule has 1 aromatic heterocycles. The summed E-state index contributed by atoms with van der Waals surface area (Å²) >= 11 is 17.2. The summed E-state index contributed by atoms with van der Waals surface area (Å²) in [6.07, 6.45) is 1.67. The van der Waals surface area contributed by atoms with Crippen molar-refractivity contribution in [2.45, 2.75) is 13.5 Å². The average Bonchev–Trinajstić information content (AvgIpc) is 2.97. The van der Waals surface area contributed by atoms with E-state index in [4.69, 9.17) is 44.9 Å². The van der Waals surface area contributed by atoms with Gasteiger partial charge in [0.05, 0.1) is 13.3 Å². The number of methoxy groups -OCH3 is 1. The van der Waals surface area contributed by atoms with Crippen LogP contribution < -0.4 is 9.47 Å². The predicted molar refractivity (Wildman–Crippen MR) is 109 cm³/mol. The number of H-pyrrole nitrogens is 1. The average molecular weight is 423 g/mol. The molecule has 0 saturated heterocycles. The van der Waals surface area contributed by atoms with Crippen LogP contribution in [0.15, 0.2) is 41.5 Å². The van der Waals surface area contributed by atoms with E-state index in [0.29, 0.717) is 38.7 Å². The largest absolute Gasteiger partial charge is 0.493 e. The van der Waals surface area contributed by atoms with Gasteiger partial charge in [0, 0.05) is 15.6 Å². The topological polar surface area (TPSA) is 64.4 Å². The van der Waals surface area contributed by atoms with Gasteiger partial charge in [-0.15, -0.1) is 0 Å². The van der Waals surface area contributed by atoms with E-state index in [1.54, 1.807) is 25.5 Å². The molecule has 0 fully saturated rings. The molecule has 0 bridgehead atoms. The molecule has 3 aromatic rings. The van der Waals surface area contributed by atoms with Crippen LogP contribution in [-0.2, 0) is 6.61 Å². The first-order chi connectivity index (χ1) is 13.0. The Morgan fingerprint density at radius 1 is 1.22 bits per heavy atom. The Morgan fingerprint density at radius 2 is 2.04 bits per heavy atom. The summed E-state index contributed by atoms with van der Waals surface area (Å²) in [5.74, 6) is 1.84. The molecule has 27 heavy (non-hydrogen) atoms. The van der Waals surface area contributed by atoms with Gasteiger partial charge in [-0.1, -0.05) is 29.3 Å². The second kappa shape index (κ2) is 8.56. The minimum absolute atomic E-state index is 0.295. The zero-order valence-corrected chi connectivity index (χ0v) is 16.9. The molecule has 9 heteroatoms. The lowest BCUT2D eigenvalue weighted by atomic mass is 10.2. The summed E-state index contributed by atoms with van der Waals surface area (Å²) in [6, 6.07) is 10.8. The highest BCUT2D eigenvalue weighted by molar-refractivity contribution is 7.71. The monoisotopic (exact) mass is 422 g/mol. The van der Waals surface area contributed by atoms with Gasteiger partial charge in [0.25, 0.3) is 0 Å².